The first kappa shape index (κ1) is 21.8. The number of amides is 1. The number of thioether (sulfide) groups is 1. The van der Waals surface area contributed by atoms with Gasteiger partial charge in [-0.1, -0.05) is 66.4 Å². The fourth-order valence-electron chi connectivity index (χ4n) is 3.14. The predicted octanol–water partition coefficient (Wildman–Crippen LogP) is 5.46. The van der Waals surface area contributed by atoms with Crippen LogP contribution < -0.4 is 9.64 Å². The first-order valence-corrected chi connectivity index (χ1v) is 11.0. The monoisotopic (exact) mass is 461 g/mol. The Balaban J connectivity index is 1.49. The second-order valence-electron chi connectivity index (χ2n) is 6.90. The van der Waals surface area contributed by atoms with Crippen molar-refractivity contribution in [2.75, 3.05) is 12.0 Å². The van der Waals surface area contributed by atoms with E-state index in [0.717, 1.165) is 16.9 Å². The second kappa shape index (κ2) is 9.80. The minimum atomic E-state index is -0.434. The minimum Gasteiger partial charge on any atom is -0.489 e. The third kappa shape index (κ3) is 4.90. The highest BCUT2D eigenvalue weighted by Gasteiger charge is 2.33. The minimum absolute atomic E-state index is 0.207. The van der Waals surface area contributed by atoms with E-state index in [4.69, 9.17) is 21.7 Å². The van der Waals surface area contributed by atoms with Crippen molar-refractivity contribution in [1.29, 1.82) is 0 Å². The Labute approximate surface area is 195 Å². The molecule has 3 aromatic carbocycles. The number of thiocarbonyl (C=S) groups is 1. The van der Waals surface area contributed by atoms with Crippen molar-refractivity contribution in [2.45, 2.75) is 6.61 Å². The Morgan fingerprint density at radius 2 is 1.78 bits per heavy atom. The van der Waals surface area contributed by atoms with Crippen molar-refractivity contribution in [2.24, 2.45) is 0 Å². The third-order valence-electron chi connectivity index (χ3n) is 4.74. The highest BCUT2D eigenvalue weighted by Crippen LogP contribution is 2.36. The van der Waals surface area contributed by atoms with Gasteiger partial charge >= 0.3 is 5.97 Å². The standard InChI is InChI=1S/C25H19NO4S2/c1-29-24(28)19-10-12-20(13-11-19)26-23(27)22(32-25(26)31)15-18-8-5-9-21(14-18)30-16-17-6-3-2-4-7-17/h2-15H,16H2,1H3. The molecule has 7 heteroatoms. The molecule has 1 aliphatic heterocycles. The van der Waals surface area contributed by atoms with Gasteiger partial charge in [-0.15, -0.1) is 0 Å². The summed E-state index contributed by atoms with van der Waals surface area (Å²) in [6, 6.07) is 24.1. The van der Waals surface area contributed by atoms with E-state index in [1.165, 1.54) is 23.8 Å². The SMILES string of the molecule is COC(=O)c1ccc(N2C(=O)C(=Cc3cccc(OCc4ccccc4)c3)SC2=S)cc1. The number of carbonyl (C=O) groups is 2. The number of nitrogens with zero attached hydrogens (tertiary/aromatic N) is 1. The molecule has 5 nitrogen and oxygen atoms in total. The molecule has 4 rings (SSSR count). The molecule has 0 atom stereocenters. The lowest BCUT2D eigenvalue weighted by Gasteiger charge is -2.14. The van der Waals surface area contributed by atoms with Gasteiger partial charge in [-0.3, -0.25) is 9.69 Å². The van der Waals surface area contributed by atoms with Gasteiger partial charge in [0.05, 0.1) is 23.3 Å². The number of ether oxygens (including phenoxy) is 2. The Morgan fingerprint density at radius 3 is 2.50 bits per heavy atom. The van der Waals surface area contributed by atoms with Crippen LogP contribution in [0.3, 0.4) is 0 Å². The molecule has 3 aromatic rings. The molecule has 1 amide bonds. The van der Waals surface area contributed by atoms with Crippen LogP contribution in [0.1, 0.15) is 21.5 Å². The molecule has 0 N–H and O–H groups in total. The summed E-state index contributed by atoms with van der Waals surface area (Å²) in [6.45, 7) is 0.466. The molecule has 0 aromatic heterocycles. The molecule has 160 valence electrons. The van der Waals surface area contributed by atoms with Gasteiger partial charge in [0.1, 0.15) is 12.4 Å². The predicted molar refractivity (Wildman–Crippen MR) is 131 cm³/mol. The molecule has 1 aliphatic rings. The number of anilines is 1. The highest BCUT2D eigenvalue weighted by molar-refractivity contribution is 8.27. The number of benzene rings is 3. The van der Waals surface area contributed by atoms with Crippen molar-refractivity contribution in [3.63, 3.8) is 0 Å². The van der Waals surface area contributed by atoms with Crippen molar-refractivity contribution >= 4 is 51.9 Å². The Kier molecular flexibility index (Phi) is 6.68. The lowest BCUT2D eigenvalue weighted by Crippen LogP contribution is -2.27. The molecule has 1 saturated heterocycles. The van der Waals surface area contributed by atoms with Crippen molar-refractivity contribution < 1.29 is 19.1 Å². The fourth-order valence-corrected chi connectivity index (χ4v) is 4.44. The molecule has 0 unspecified atom stereocenters. The molecule has 32 heavy (non-hydrogen) atoms. The summed E-state index contributed by atoms with van der Waals surface area (Å²) >= 11 is 6.67. The number of hydrogen-bond donors (Lipinski definition) is 0. The topological polar surface area (TPSA) is 55.8 Å². The summed E-state index contributed by atoms with van der Waals surface area (Å²) in [4.78, 5) is 26.6. The van der Waals surface area contributed by atoms with Gasteiger partial charge in [-0.05, 0) is 53.6 Å². The molecule has 1 fully saturated rings. The summed E-state index contributed by atoms with van der Waals surface area (Å²) in [7, 11) is 1.32. The van der Waals surface area contributed by atoms with Crippen LogP contribution >= 0.6 is 24.0 Å². The van der Waals surface area contributed by atoms with Gasteiger partial charge in [0, 0.05) is 0 Å². The van der Waals surface area contributed by atoms with Gasteiger partial charge in [0.2, 0.25) is 0 Å². The van der Waals surface area contributed by atoms with Crippen LogP contribution in [-0.2, 0) is 16.1 Å². The fraction of sp³-hybridized carbons (Fsp3) is 0.0800. The zero-order valence-electron chi connectivity index (χ0n) is 17.2. The first-order valence-electron chi connectivity index (χ1n) is 9.78. The van der Waals surface area contributed by atoms with Crippen LogP contribution in [0.2, 0.25) is 0 Å². The van der Waals surface area contributed by atoms with Gasteiger partial charge < -0.3 is 9.47 Å². The summed E-state index contributed by atoms with van der Waals surface area (Å²) in [5, 5.41) is 0. The van der Waals surface area contributed by atoms with E-state index in [2.05, 4.69) is 0 Å². The third-order valence-corrected chi connectivity index (χ3v) is 6.05. The Morgan fingerprint density at radius 1 is 1.03 bits per heavy atom. The van der Waals surface area contributed by atoms with Gasteiger partial charge in [-0.2, -0.15) is 0 Å². The van der Waals surface area contributed by atoms with Gasteiger partial charge in [0.25, 0.3) is 5.91 Å². The Hall–Kier alpha value is -3.42. The van der Waals surface area contributed by atoms with E-state index in [9.17, 15) is 9.59 Å². The largest absolute Gasteiger partial charge is 0.489 e. The van der Waals surface area contributed by atoms with E-state index >= 15 is 0 Å². The Bertz CT molecular complexity index is 1190. The van der Waals surface area contributed by atoms with Crippen LogP contribution in [-0.4, -0.2) is 23.3 Å². The maximum atomic E-state index is 13.0. The normalized spacial score (nSPS) is 14.7. The van der Waals surface area contributed by atoms with E-state index in [0.29, 0.717) is 27.1 Å². The van der Waals surface area contributed by atoms with E-state index in [-0.39, 0.29) is 5.91 Å². The van der Waals surface area contributed by atoms with Gasteiger partial charge in [0.15, 0.2) is 4.32 Å². The number of esters is 1. The molecule has 0 spiro atoms. The molecular formula is C25H19NO4S2. The summed E-state index contributed by atoms with van der Waals surface area (Å²) < 4.78 is 11.0. The van der Waals surface area contributed by atoms with E-state index in [1.807, 2.05) is 54.6 Å². The highest BCUT2D eigenvalue weighted by atomic mass is 32.2. The number of methoxy groups -OCH3 is 1. The lowest BCUT2D eigenvalue weighted by atomic mass is 10.2. The van der Waals surface area contributed by atoms with Crippen molar-refractivity contribution in [3.05, 3.63) is 100 Å². The summed E-state index contributed by atoms with van der Waals surface area (Å²) in [5.41, 5.74) is 2.93. The van der Waals surface area contributed by atoms with Gasteiger partial charge in [-0.25, -0.2) is 4.79 Å². The average Bonchev–Trinajstić information content (AvgIpc) is 3.10. The molecule has 1 heterocycles. The molecule has 0 saturated carbocycles. The summed E-state index contributed by atoms with van der Waals surface area (Å²) in [6.07, 6.45) is 1.80. The number of carbonyl (C=O) groups excluding carboxylic acids is 2. The number of rotatable bonds is 6. The smallest absolute Gasteiger partial charge is 0.337 e. The first-order chi connectivity index (χ1) is 15.5. The van der Waals surface area contributed by atoms with Crippen LogP contribution in [0.15, 0.2) is 83.8 Å². The maximum absolute atomic E-state index is 13.0. The number of hydrogen-bond acceptors (Lipinski definition) is 6. The quantitative estimate of drug-likeness (QED) is 0.276. The van der Waals surface area contributed by atoms with Crippen LogP contribution in [0, 0.1) is 0 Å². The lowest BCUT2D eigenvalue weighted by molar-refractivity contribution is -0.113. The molecule has 0 radical (unpaired) electrons. The van der Waals surface area contributed by atoms with Crippen molar-refractivity contribution in [3.8, 4) is 5.75 Å². The zero-order valence-corrected chi connectivity index (χ0v) is 18.8. The maximum Gasteiger partial charge on any atom is 0.337 e. The zero-order chi connectivity index (χ0) is 22.5. The van der Waals surface area contributed by atoms with Crippen LogP contribution in [0.5, 0.6) is 5.75 Å². The van der Waals surface area contributed by atoms with Crippen LogP contribution in [0.25, 0.3) is 6.08 Å². The van der Waals surface area contributed by atoms with Crippen LogP contribution in [0.4, 0.5) is 5.69 Å². The molecule has 0 bridgehead atoms. The molecular weight excluding hydrogens is 442 g/mol. The van der Waals surface area contributed by atoms with E-state index in [1.54, 1.807) is 30.3 Å². The molecule has 0 aliphatic carbocycles. The van der Waals surface area contributed by atoms with E-state index < -0.39 is 5.97 Å². The van der Waals surface area contributed by atoms with Crippen molar-refractivity contribution in [1.82, 2.24) is 0 Å². The second-order valence-corrected chi connectivity index (χ2v) is 8.58. The average molecular weight is 462 g/mol. The summed E-state index contributed by atoms with van der Waals surface area (Å²) in [5.74, 6) is 0.0779.